The molecule has 106 valence electrons. The zero-order valence-corrected chi connectivity index (χ0v) is 11.3. The number of alkyl carbamates (subject to hydrolysis) is 1. The maximum Gasteiger partial charge on any atom is 0.407 e. The Bertz CT molecular complexity index is 274. The number of nitrogens with zero attached hydrogens (tertiary/aromatic N) is 1. The van der Waals surface area contributed by atoms with Crippen LogP contribution in [0, 0.1) is 0 Å². The van der Waals surface area contributed by atoms with E-state index >= 15 is 0 Å². The van der Waals surface area contributed by atoms with Crippen LogP contribution in [0.15, 0.2) is 5.16 Å². The van der Waals surface area contributed by atoms with Crippen LogP contribution in [0.25, 0.3) is 0 Å². The molecule has 0 aliphatic carbocycles. The van der Waals surface area contributed by atoms with E-state index in [0.29, 0.717) is 13.1 Å². The molecular weight excluding hydrogens is 236 g/mol. The molecule has 7 heteroatoms. The standard InChI is InChI=1S/C11H24N4O3/c1-11(2,3)18-10(16)14-8-6-4-5-7-13-9(12)15-17/h17H,4-8H2,1-3H3,(H,14,16)(H3,12,13,15). The molecule has 0 aromatic carbocycles. The Morgan fingerprint density at radius 1 is 1.22 bits per heavy atom. The number of amides is 1. The van der Waals surface area contributed by atoms with Crippen molar-refractivity contribution in [3.8, 4) is 0 Å². The molecule has 0 radical (unpaired) electrons. The largest absolute Gasteiger partial charge is 0.444 e. The Morgan fingerprint density at radius 3 is 2.28 bits per heavy atom. The van der Waals surface area contributed by atoms with E-state index in [4.69, 9.17) is 15.7 Å². The first kappa shape index (κ1) is 16.3. The fourth-order valence-corrected chi connectivity index (χ4v) is 1.18. The molecule has 0 fully saturated rings. The molecule has 0 heterocycles. The predicted octanol–water partition coefficient (Wildman–Crippen LogP) is 0.975. The number of nitrogens with two attached hydrogens (primary N) is 1. The average molecular weight is 260 g/mol. The first-order valence-electron chi connectivity index (χ1n) is 6.03. The molecular formula is C11H24N4O3. The minimum atomic E-state index is -0.463. The van der Waals surface area contributed by atoms with Gasteiger partial charge in [0.05, 0.1) is 0 Å². The summed E-state index contributed by atoms with van der Waals surface area (Å²) in [6.45, 7) is 6.70. The molecule has 0 unspecified atom stereocenters. The number of carbonyl (C=O) groups excluding carboxylic acids is 1. The third-order valence-corrected chi connectivity index (χ3v) is 1.94. The lowest BCUT2D eigenvalue weighted by atomic mass is 10.2. The molecule has 0 atom stereocenters. The lowest BCUT2D eigenvalue weighted by Crippen LogP contribution is -2.33. The van der Waals surface area contributed by atoms with Crippen LogP contribution in [0.5, 0.6) is 0 Å². The van der Waals surface area contributed by atoms with Gasteiger partial charge in [0.15, 0.2) is 0 Å². The molecule has 0 aliphatic heterocycles. The SMILES string of the molecule is CC(C)(C)OC(=O)NCCCCCN/C(N)=N/O. The van der Waals surface area contributed by atoms with E-state index < -0.39 is 11.7 Å². The Labute approximate surface area is 108 Å². The molecule has 0 rings (SSSR count). The number of oxime groups is 1. The first-order chi connectivity index (χ1) is 8.35. The second-order valence-corrected chi connectivity index (χ2v) is 4.90. The van der Waals surface area contributed by atoms with E-state index in [1.54, 1.807) is 0 Å². The van der Waals surface area contributed by atoms with Crippen molar-refractivity contribution in [1.82, 2.24) is 10.6 Å². The summed E-state index contributed by atoms with van der Waals surface area (Å²) in [5.41, 5.74) is 4.76. The highest BCUT2D eigenvalue weighted by Gasteiger charge is 2.15. The van der Waals surface area contributed by atoms with Crippen molar-refractivity contribution in [3.63, 3.8) is 0 Å². The van der Waals surface area contributed by atoms with Gasteiger partial charge in [0.2, 0.25) is 5.96 Å². The molecule has 0 aromatic heterocycles. The van der Waals surface area contributed by atoms with Crippen LogP contribution in [0.4, 0.5) is 4.79 Å². The predicted molar refractivity (Wildman–Crippen MR) is 69.5 cm³/mol. The van der Waals surface area contributed by atoms with Crippen LogP contribution in [0.2, 0.25) is 0 Å². The van der Waals surface area contributed by atoms with Gasteiger partial charge in [0, 0.05) is 13.1 Å². The van der Waals surface area contributed by atoms with Crippen LogP contribution in [0.1, 0.15) is 40.0 Å². The molecule has 0 bridgehead atoms. The Kier molecular flexibility index (Phi) is 7.66. The van der Waals surface area contributed by atoms with E-state index in [1.807, 2.05) is 20.8 Å². The van der Waals surface area contributed by atoms with Gasteiger partial charge in [-0.2, -0.15) is 0 Å². The van der Waals surface area contributed by atoms with Gasteiger partial charge in [-0.1, -0.05) is 5.16 Å². The fraction of sp³-hybridized carbons (Fsp3) is 0.818. The minimum absolute atomic E-state index is 0.0156. The van der Waals surface area contributed by atoms with Gasteiger partial charge >= 0.3 is 6.09 Å². The van der Waals surface area contributed by atoms with Crippen LogP contribution in [0.3, 0.4) is 0 Å². The van der Waals surface area contributed by atoms with E-state index in [2.05, 4.69) is 15.8 Å². The van der Waals surface area contributed by atoms with Gasteiger partial charge in [0.25, 0.3) is 0 Å². The number of hydrogen-bond acceptors (Lipinski definition) is 4. The third kappa shape index (κ3) is 10.8. The Balaban J connectivity index is 3.38. The molecule has 0 aromatic rings. The number of ether oxygens (including phenoxy) is 1. The molecule has 5 N–H and O–H groups in total. The van der Waals surface area contributed by atoms with Crippen LogP contribution in [-0.4, -0.2) is 36.0 Å². The number of hydrogen-bond donors (Lipinski definition) is 4. The summed E-state index contributed by atoms with van der Waals surface area (Å²) >= 11 is 0. The van der Waals surface area contributed by atoms with Gasteiger partial charge in [-0.15, -0.1) is 0 Å². The highest BCUT2D eigenvalue weighted by molar-refractivity contribution is 5.76. The van der Waals surface area contributed by atoms with Crippen LogP contribution < -0.4 is 16.4 Å². The molecule has 1 amide bonds. The van der Waals surface area contributed by atoms with E-state index in [1.165, 1.54) is 0 Å². The van der Waals surface area contributed by atoms with Gasteiger partial charge in [-0.3, -0.25) is 0 Å². The molecule has 0 saturated heterocycles. The summed E-state index contributed by atoms with van der Waals surface area (Å²) < 4.78 is 5.09. The van der Waals surface area contributed by atoms with Crippen molar-refractivity contribution in [2.24, 2.45) is 10.9 Å². The normalized spacial score (nSPS) is 12.1. The molecule has 0 spiro atoms. The van der Waals surface area contributed by atoms with Crippen molar-refractivity contribution < 1.29 is 14.7 Å². The zero-order valence-electron chi connectivity index (χ0n) is 11.3. The quantitative estimate of drug-likeness (QED) is 0.187. The zero-order chi connectivity index (χ0) is 14.0. The second kappa shape index (κ2) is 8.43. The number of nitrogens with one attached hydrogen (secondary N) is 2. The summed E-state index contributed by atoms with van der Waals surface area (Å²) in [4.78, 5) is 11.3. The first-order valence-corrected chi connectivity index (χ1v) is 6.03. The monoisotopic (exact) mass is 260 g/mol. The van der Waals surface area contributed by atoms with Crippen LogP contribution in [-0.2, 0) is 4.74 Å². The average Bonchev–Trinajstić information content (AvgIpc) is 2.25. The van der Waals surface area contributed by atoms with E-state index in [9.17, 15) is 4.79 Å². The summed E-state index contributed by atoms with van der Waals surface area (Å²) in [6.07, 6.45) is 2.28. The highest BCUT2D eigenvalue weighted by Crippen LogP contribution is 2.06. The maximum absolute atomic E-state index is 11.3. The van der Waals surface area contributed by atoms with Crippen LogP contribution >= 0.6 is 0 Å². The van der Waals surface area contributed by atoms with Gasteiger partial charge in [0.1, 0.15) is 5.60 Å². The second-order valence-electron chi connectivity index (χ2n) is 4.90. The Morgan fingerprint density at radius 2 is 1.78 bits per heavy atom. The van der Waals surface area contributed by atoms with Gasteiger partial charge in [-0.05, 0) is 40.0 Å². The van der Waals surface area contributed by atoms with Crippen molar-refractivity contribution in [2.75, 3.05) is 13.1 Å². The van der Waals surface area contributed by atoms with Crippen molar-refractivity contribution in [1.29, 1.82) is 0 Å². The number of unbranched alkanes of at least 4 members (excludes halogenated alkanes) is 2. The van der Waals surface area contributed by atoms with E-state index in [-0.39, 0.29) is 5.96 Å². The van der Waals surface area contributed by atoms with Crippen molar-refractivity contribution in [2.45, 2.75) is 45.6 Å². The maximum atomic E-state index is 11.3. The molecule has 0 aliphatic rings. The smallest absolute Gasteiger partial charge is 0.407 e. The lowest BCUT2D eigenvalue weighted by Gasteiger charge is -2.19. The topological polar surface area (TPSA) is 109 Å². The highest BCUT2D eigenvalue weighted by atomic mass is 16.6. The van der Waals surface area contributed by atoms with Gasteiger partial charge in [-0.25, -0.2) is 4.79 Å². The lowest BCUT2D eigenvalue weighted by molar-refractivity contribution is 0.0527. The van der Waals surface area contributed by atoms with Crippen molar-refractivity contribution in [3.05, 3.63) is 0 Å². The van der Waals surface area contributed by atoms with E-state index in [0.717, 1.165) is 19.3 Å². The molecule has 18 heavy (non-hydrogen) atoms. The molecule has 7 nitrogen and oxygen atoms in total. The third-order valence-electron chi connectivity index (χ3n) is 1.94. The summed E-state index contributed by atoms with van der Waals surface area (Å²) in [6, 6.07) is 0. The van der Waals surface area contributed by atoms with Gasteiger partial charge < -0.3 is 26.3 Å². The Hall–Kier alpha value is -1.66. The summed E-state index contributed by atoms with van der Waals surface area (Å²) in [5, 5.41) is 16.5. The van der Waals surface area contributed by atoms with Crippen molar-refractivity contribution >= 4 is 12.1 Å². The number of guanidine groups is 1. The number of carbonyl (C=O) groups is 1. The summed E-state index contributed by atoms with van der Waals surface area (Å²) in [7, 11) is 0. The molecule has 0 saturated carbocycles. The summed E-state index contributed by atoms with van der Waals surface area (Å²) in [5.74, 6) is 0.0156. The minimum Gasteiger partial charge on any atom is -0.444 e. The fourth-order valence-electron chi connectivity index (χ4n) is 1.18. The number of rotatable bonds is 6.